The Labute approximate surface area is 106 Å². The van der Waals surface area contributed by atoms with Crippen LogP contribution in [0.25, 0.3) is 0 Å². The van der Waals surface area contributed by atoms with E-state index in [2.05, 4.69) is 40.4 Å². The standard InChI is InChI=1S/C12H20N2S2/c1-2-11-8-14(4-6-16-11)12(7-13)10-3-5-15-9-10/h3,5,9,11-12H,2,4,6-8,13H2,1H3. The molecule has 0 aliphatic carbocycles. The summed E-state index contributed by atoms with van der Waals surface area (Å²) in [5.74, 6) is 1.25. The second-order valence-electron chi connectivity index (χ2n) is 4.20. The highest BCUT2D eigenvalue weighted by Crippen LogP contribution is 2.28. The van der Waals surface area contributed by atoms with Crippen molar-refractivity contribution in [2.75, 3.05) is 25.4 Å². The monoisotopic (exact) mass is 256 g/mol. The van der Waals surface area contributed by atoms with E-state index in [1.54, 1.807) is 11.3 Å². The van der Waals surface area contributed by atoms with Crippen LogP contribution in [0.5, 0.6) is 0 Å². The van der Waals surface area contributed by atoms with Crippen LogP contribution in [-0.4, -0.2) is 35.5 Å². The van der Waals surface area contributed by atoms with Crippen LogP contribution < -0.4 is 5.73 Å². The zero-order valence-corrected chi connectivity index (χ0v) is 11.4. The number of nitrogens with two attached hydrogens (primary N) is 1. The van der Waals surface area contributed by atoms with Gasteiger partial charge < -0.3 is 5.73 Å². The summed E-state index contributed by atoms with van der Waals surface area (Å²) in [5.41, 5.74) is 7.34. The van der Waals surface area contributed by atoms with Crippen LogP contribution in [0.3, 0.4) is 0 Å². The lowest BCUT2D eigenvalue weighted by molar-refractivity contribution is 0.208. The SMILES string of the molecule is CCC1CN(C(CN)c2ccsc2)CCS1. The first-order valence-corrected chi connectivity index (χ1v) is 7.92. The van der Waals surface area contributed by atoms with E-state index in [9.17, 15) is 0 Å². The molecule has 1 aromatic rings. The average Bonchev–Trinajstić information content (AvgIpc) is 2.84. The van der Waals surface area contributed by atoms with Crippen molar-refractivity contribution in [3.63, 3.8) is 0 Å². The highest BCUT2D eigenvalue weighted by Gasteiger charge is 2.25. The van der Waals surface area contributed by atoms with E-state index in [4.69, 9.17) is 5.73 Å². The smallest absolute Gasteiger partial charge is 0.0479 e. The van der Waals surface area contributed by atoms with Gasteiger partial charge in [0, 0.05) is 36.7 Å². The molecule has 2 rings (SSSR count). The van der Waals surface area contributed by atoms with Gasteiger partial charge in [-0.25, -0.2) is 0 Å². The van der Waals surface area contributed by atoms with Crippen LogP contribution >= 0.6 is 23.1 Å². The summed E-state index contributed by atoms with van der Waals surface area (Å²) in [7, 11) is 0. The summed E-state index contributed by atoms with van der Waals surface area (Å²) in [6.07, 6.45) is 1.27. The minimum absolute atomic E-state index is 0.432. The van der Waals surface area contributed by atoms with E-state index in [0.29, 0.717) is 6.04 Å². The minimum atomic E-state index is 0.432. The molecular weight excluding hydrogens is 236 g/mol. The maximum atomic E-state index is 5.94. The molecule has 4 heteroatoms. The lowest BCUT2D eigenvalue weighted by Gasteiger charge is -2.37. The van der Waals surface area contributed by atoms with Crippen molar-refractivity contribution >= 4 is 23.1 Å². The molecule has 0 amide bonds. The highest BCUT2D eigenvalue weighted by atomic mass is 32.2. The first-order valence-electron chi connectivity index (χ1n) is 5.93. The first-order chi connectivity index (χ1) is 7.85. The molecule has 16 heavy (non-hydrogen) atoms. The topological polar surface area (TPSA) is 29.3 Å². The molecule has 1 aliphatic heterocycles. The molecule has 1 aliphatic rings. The van der Waals surface area contributed by atoms with E-state index in [-0.39, 0.29) is 0 Å². The van der Waals surface area contributed by atoms with Gasteiger partial charge in [-0.05, 0) is 28.8 Å². The third kappa shape index (κ3) is 2.80. The molecule has 2 N–H and O–H groups in total. The number of hydrogen-bond acceptors (Lipinski definition) is 4. The molecule has 1 fully saturated rings. The molecule has 2 heterocycles. The molecule has 0 radical (unpaired) electrons. The van der Waals surface area contributed by atoms with Crippen LogP contribution in [0, 0.1) is 0 Å². The first kappa shape index (κ1) is 12.4. The zero-order chi connectivity index (χ0) is 11.4. The normalized spacial score (nSPS) is 24.5. The number of nitrogens with zero attached hydrogens (tertiary/aromatic N) is 1. The predicted molar refractivity (Wildman–Crippen MR) is 74.2 cm³/mol. The van der Waals surface area contributed by atoms with E-state index >= 15 is 0 Å². The van der Waals surface area contributed by atoms with Crippen molar-refractivity contribution in [1.29, 1.82) is 0 Å². The maximum Gasteiger partial charge on any atom is 0.0479 e. The van der Waals surface area contributed by atoms with Gasteiger partial charge >= 0.3 is 0 Å². The van der Waals surface area contributed by atoms with E-state index in [1.165, 1.54) is 30.8 Å². The van der Waals surface area contributed by atoms with Crippen molar-refractivity contribution in [3.8, 4) is 0 Å². The second-order valence-corrected chi connectivity index (χ2v) is 6.39. The van der Waals surface area contributed by atoms with Gasteiger partial charge in [-0.1, -0.05) is 6.92 Å². The highest BCUT2D eigenvalue weighted by molar-refractivity contribution is 8.00. The summed E-state index contributed by atoms with van der Waals surface area (Å²) in [5, 5.41) is 5.18. The molecule has 0 saturated carbocycles. The Morgan fingerprint density at radius 2 is 2.50 bits per heavy atom. The number of thioether (sulfide) groups is 1. The summed E-state index contributed by atoms with van der Waals surface area (Å²) < 4.78 is 0. The number of hydrogen-bond donors (Lipinski definition) is 1. The van der Waals surface area contributed by atoms with Crippen LogP contribution in [0.15, 0.2) is 16.8 Å². The van der Waals surface area contributed by atoms with Crippen molar-refractivity contribution in [1.82, 2.24) is 4.90 Å². The van der Waals surface area contributed by atoms with Gasteiger partial charge in [0.2, 0.25) is 0 Å². The van der Waals surface area contributed by atoms with Crippen molar-refractivity contribution in [2.45, 2.75) is 24.6 Å². The number of thiophene rings is 1. The number of rotatable bonds is 4. The quantitative estimate of drug-likeness (QED) is 0.898. The lowest BCUT2D eigenvalue weighted by Crippen LogP contribution is -2.42. The van der Waals surface area contributed by atoms with E-state index in [1.807, 2.05) is 0 Å². The third-order valence-corrected chi connectivity index (χ3v) is 5.29. The Hall–Kier alpha value is -0.0300. The van der Waals surface area contributed by atoms with Crippen LogP contribution in [-0.2, 0) is 0 Å². The molecule has 1 aromatic heterocycles. The lowest BCUT2D eigenvalue weighted by atomic mass is 10.1. The molecule has 0 aromatic carbocycles. The third-order valence-electron chi connectivity index (χ3n) is 3.22. The zero-order valence-electron chi connectivity index (χ0n) is 9.76. The second kappa shape index (κ2) is 6.05. The van der Waals surface area contributed by atoms with Crippen LogP contribution in [0.2, 0.25) is 0 Å². The molecule has 0 spiro atoms. The molecule has 1 saturated heterocycles. The fourth-order valence-corrected chi connectivity index (χ4v) is 4.15. The maximum absolute atomic E-state index is 5.94. The Morgan fingerprint density at radius 3 is 3.12 bits per heavy atom. The molecule has 2 unspecified atom stereocenters. The van der Waals surface area contributed by atoms with Crippen LogP contribution in [0.1, 0.15) is 24.9 Å². The summed E-state index contributed by atoms with van der Waals surface area (Å²) in [6, 6.07) is 2.64. The van der Waals surface area contributed by atoms with Gasteiger partial charge in [0.1, 0.15) is 0 Å². The Bertz CT molecular complexity index is 300. The van der Waals surface area contributed by atoms with Crippen LogP contribution in [0.4, 0.5) is 0 Å². The van der Waals surface area contributed by atoms with E-state index in [0.717, 1.165) is 11.8 Å². The van der Waals surface area contributed by atoms with Crippen molar-refractivity contribution in [2.24, 2.45) is 5.73 Å². The Kier molecular flexibility index (Phi) is 4.70. The summed E-state index contributed by atoms with van der Waals surface area (Å²) in [6.45, 7) is 5.39. The largest absolute Gasteiger partial charge is 0.329 e. The van der Waals surface area contributed by atoms with Gasteiger partial charge in [-0.15, -0.1) is 0 Å². The van der Waals surface area contributed by atoms with E-state index < -0.39 is 0 Å². The van der Waals surface area contributed by atoms with Gasteiger partial charge in [0.15, 0.2) is 0 Å². The van der Waals surface area contributed by atoms with Crippen molar-refractivity contribution < 1.29 is 0 Å². The van der Waals surface area contributed by atoms with Gasteiger partial charge in [-0.2, -0.15) is 23.1 Å². The minimum Gasteiger partial charge on any atom is -0.329 e. The fourth-order valence-electron chi connectivity index (χ4n) is 2.23. The Morgan fingerprint density at radius 1 is 1.62 bits per heavy atom. The average molecular weight is 256 g/mol. The fraction of sp³-hybridized carbons (Fsp3) is 0.667. The Balaban J connectivity index is 2.03. The molecule has 0 bridgehead atoms. The predicted octanol–water partition coefficient (Wildman–Crippen LogP) is 2.58. The molecule has 90 valence electrons. The van der Waals surface area contributed by atoms with Crippen molar-refractivity contribution in [3.05, 3.63) is 22.4 Å². The van der Waals surface area contributed by atoms with Gasteiger partial charge in [-0.3, -0.25) is 4.90 Å². The molecule has 2 atom stereocenters. The van der Waals surface area contributed by atoms with Gasteiger partial charge in [0.05, 0.1) is 0 Å². The molecule has 2 nitrogen and oxygen atoms in total. The molecular formula is C12H20N2S2. The summed E-state index contributed by atoms with van der Waals surface area (Å²) >= 11 is 3.88. The summed E-state index contributed by atoms with van der Waals surface area (Å²) in [4.78, 5) is 2.56. The van der Waals surface area contributed by atoms with Gasteiger partial charge in [0.25, 0.3) is 0 Å².